The van der Waals surface area contributed by atoms with Gasteiger partial charge in [0, 0.05) is 24.2 Å². The summed E-state index contributed by atoms with van der Waals surface area (Å²) in [6.45, 7) is 5.84. The van der Waals surface area contributed by atoms with Gasteiger partial charge >= 0.3 is 12.1 Å². The van der Waals surface area contributed by atoms with Crippen molar-refractivity contribution in [1.82, 2.24) is 25.4 Å². The van der Waals surface area contributed by atoms with Crippen LogP contribution in [0.2, 0.25) is 5.02 Å². The van der Waals surface area contributed by atoms with Gasteiger partial charge in [0.05, 0.1) is 32.7 Å². The first kappa shape index (κ1) is 26.7. The third kappa shape index (κ3) is 6.07. The number of fused-ring (bicyclic) bond motifs is 3. The van der Waals surface area contributed by atoms with Crippen molar-refractivity contribution < 1.29 is 14.3 Å². The summed E-state index contributed by atoms with van der Waals surface area (Å²) < 4.78 is 7.08. The number of benzene rings is 2. The lowest BCUT2D eigenvalue weighted by Crippen LogP contribution is -2.39. The molecular formula is C28H29ClN6O3S. The molecule has 9 nitrogen and oxygen atoms in total. The number of nitrogens with one attached hydrogen (secondary N) is 3. The predicted molar refractivity (Wildman–Crippen MR) is 154 cm³/mol. The molecule has 2 aromatic carbocycles. The average Bonchev–Trinajstić information content (AvgIpc) is 3.47. The number of para-hydroxylation sites is 1. The Balaban J connectivity index is 1.36. The number of hydrogen-bond donors (Lipinski definition) is 3. The highest BCUT2D eigenvalue weighted by molar-refractivity contribution is 7.19. The van der Waals surface area contributed by atoms with E-state index in [0.29, 0.717) is 10.2 Å². The summed E-state index contributed by atoms with van der Waals surface area (Å²) in [5, 5.41) is 14.3. The molecule has 0 bridgehead atoms. The highest BCUT2D eigenvalue weighted by atomic mass is 35.5. The quantitative estimate of drug-likeness (QED) is 0.247. The molecule has 0 saturated carbocycles. The Labute approximate surface area is 235 Å². The van der Waals surface area contributed by atoms with Crippen LogP contribution in [0.1, 0.15) is 32.0 Å². The Kier molecular flexibility index (Phi) is 7.58. The number of rotatable bonds is 6. The molecule has 1 aliphatic rings. The Morgan fingerprint density at radius 3 is 2.49 bits per heavy atom. The van der Waals surface area contributed by atoms with Gasteiger partial charge in [0.1, 0.15) is 5.60 Å². The first-order valence-electron chi connectivity index (χ1n) is 12.6. The van der Waals surface area contributed by atoms with Gasteiger partial charge < -0.3 is 15.4 Å². The molecule has 0 atom stereocenters. The Morgan fingerprint density at radius 1 is 1.03 bits per heavy atom. The third-order valence-electron chi connectivity index (χ3n) is 5.93. The molecule has 0 fully saturated rings. The average molecular weight is 565 g/mol. The van der Waals surface area contributed by atoms with Gasteiger partial charge in [0.15, 0.2) is 5.13 Å². The van der Waals surface area contributed by atoms with E-state index in [-0.39, 0.29) is 13.1 Å². The van der Waals surface area contributed by atoms with Crippen molar-refractivity contribution in [2.75, 3.05) is 18.4 Å². The van der Waals surface area contributed by atoms with E-state index in [2.05, 4.69) is 28.1 Å². The van der Waals surface area contributed by atoms with E-state index < -0.39 is 17.7 Å². The Morgan fingerprint density at radius 2 is 1.74 bits per heavy atom. The summed E-state index contributed by atoms with van der Waals surface area (Å²) in [7, 11) is 0. The van der Waals surface area contributed by atoms with Gasteiger partial charge in [-0.05, 0) is 45.7 Å². The van der Waals surface area contributed by atoms with Gasteiger partial charge in [-0.1, -0.05) is 65.4 Å². The minimum atomic E-state index is -0.582. The number of carbonyl (C=O) groups excluding carboxylic acids is 2. The lowest BCUT2D eigenvalue weighted by Gasteiger charge is -2.19. The Hall–Kier alpha value is -3.89. The van der Waals surface area contributed by atoms with Crippen molar-refractivity contribution in [2.24, 2.45) is 0 Å². The maximum absolute atomic E-state index is 12.5. The molecule has 0 aliphatic heterocycles. The molecule has 0 radical (unpaired) electrons. The van der Waals surface area contributed by atoms with Crippen LogP contribution in [0, 0.1) is 0 Å². The molecule has 2 heterocycles. The number of amides is 3. The molecule has 39 heavy (non-hydrogen) atoms. The van der Waals surface area contributed by atoms with Crippen LogP contribution in [0.3, 0.4) is 0 Å². The van der Waals surface area contributed by atoms with E-state index in [1.807, 2.05) is 47.1 Å². The van der Waals surface area contributed by atoms with Crippen LogP contribution in [0.15, 0.2) is 54.6 Å². The van der Waals surface area contributed by atoms with Gasteiger partial charge in [0.2, 0.25) is 0 Å². The lowest BCUT2D eigenvalue weighted by atomic mass is 9.95. The SMILES string of the molecule is CC(C)(C)OC(=O)NCCNC(=O)Nc1nc2c(s1)-c1c(c(-c3ccccc3)nn1-c1ccccc1Cl)CC2. The summed E-state index contributed by atoms with van der Waals surface area (Å²) in [6.07, 6.45) is 0.969. The molecular weight excluding hydrogens is 536 g/mol. The van der Waals surface area contributed by atoms with E-state index in [1.165, 1.54) is 11.3 Å². The highest BCUT2D eigenvalue weighted by Gasteiger charge is 2.30. The van der Waals surface area contributed by atoms with Crippen molar-refractivity contribution in [2.45, 2.75) is 39.2 Å². The van der Waals surface area contributed by atoms with Crippen LogP contribution < -0.4 is 16.0 Å². The van der Waals surface area contributed by atoms with Crippen LogP contribution in [-0.4, -0.2) is 45.6 Å². The van der Waals surface area contributed by atoms with Gasteiger partial charge in [-0.15, -0.1) is 0 Å². The fourth-order valence-corrected chi connectivity index (χ4v) is 5.63. The zero-order valence-electron chi connectivity index (χ0n) is 21.9. The minimum absolute atomic E-state index is 0.235. The van der Waals surface area contributed by atoms with Crippen molar-refractivity contribution in [3.05, 3.63) is 70.9 Å². The van der Waals surface area contributed by atoms with E-state index in [9.17, 15) is 9.59 Å². The van der Waals surface area contributed by atoms with Crippen molar-refractivity contribution >= 4 is 40.2 Å². The van der Waals surface area contributed by atoms with Crippen LogP contribution in [0.5, 0.6) is 0 Å². The number of aryl methyl sites for hydroxylation is 1. The van der Waals surface area contributed by atoms with E-state index in [1.54, 1.807) is 20.8 Å². The van der Waals surface area contributed by atoms with Crippen molar-refractivity contribution in [3.63, 3.8) is 0 Å². The number of anilines is 1. The third-order valence-corrected chi connectivity index (χ3v) is 7.27. The topological polar surface area (TPSA) is 110 Å². The zero-order chi connectivity index (χ0) is 27.6. The molecule has 3 N–H and O–H groups in total. The number of urea groups is 1. The molecule has 4 aromatic rings. The summed E-state index contributed by atoms with van der Waals surface area (Å²) >= 11 is 8.00. The largest absolute Gasteiger partial charge is 0.444 e. The van der Waals surface area contributed by atoms with Crippen molar-refractivity contribution in [1.29, 1.82) is 0 Å². The van der Waals surface area contributed by atoms with Gasteiger partial charge in [0.25, 0.3) is 0 Å². The highest BCUT2D eigenvalue weighted by Crippen LogP contribution is 2.44. The molecule has 0 saturated heterocycles. The standard InChI is InChI=1S/C28H29ClN6O3S/c1-28(2,3)38-27(37)31-16-15-30-25(36)33-26-32-20-14-13-18-22(17-9-5-4-6-10-17)34-35(23(18)24(20)39-26)21-12-8-7-11-19(21)29/h4-12H,13-16H2,1-3H3,(H,31,37)(H2,30,32,33,36). The molecule has 1 aliphatic carbocycles. The second kappa shape index (κ2) is 11.1. The van der Waals surface area contributed by atoms with Gasteiger partial charge in [-0.2, -0.15) is 5.10 Å². The number of carbonyl (C=O) groups is 2. The second-order valence-electron chi connectivity index (χ2n) is 10.0. The summed E-state index contributed by atoms with van der Waals surface area (Å²) in [6, 6.07) is 17.3. The Bertz CT molecular complexity index is 1510. The maximum atomic E-state index is 12.5. The van der Waals surface area contributed by atoms with Gasteiger partial charge in [-0.3, -0.25) is 5.32 Å². The number of thiazole rings is 1. The number of ether oxygens (including phenoxy) is 1. The first-order valence-corrected chi connectivity index (χ1v) is 13.8. The molecule has 2 aromatic heterocycles. The fraction of sp³-hybridized carbons (Fsp3) is 0.286. The molecule has 3 amide bonds. The summed E-state index contributed by atoms with van der Waals surface area (Å²) in [4.78, 5) is 30.0. The number of aromatic nitrogens is 3. The summed E-state index contributed by atoms with van der Waals surface area (Å²) in [5.41, 5.74) is 5.12. The monoisotopic (exact) mass is 564 g/mol. The number of nitrogens with zero attached hydrogens (tertiary/aromatic N) is 3. The van der Waals surface area contributed by atoms with Crippen LogP contribution in [0.4, 0.5) is 14.7 Å². The predicted octanol–water partition coefficient (Wildman–Crippen LogP) is 6.06. The van der Waals surface area contributed by atoms with E-state index >= 15 is 0 Å². The number of alkyl carbamates (subject to hydrolysis) is 1. The molecule has 5 rings (SSSR count). The normalized spacial score (nSPS) is 12.3. The van der Waals surface area contributed by atoms with Gasteiger partial charge in [-0.25, -0.2) is 19.3 Å². The smallest absolute Gasteiger partial charge is 0.407 e. The first-order chi connectivity index (χ1) is 18.7. The molecule has 0 spiro atoms. The molecule has 202 valence electrons. The molecule has 11 heteroatoms. The van der Waals surface area contributed by atoms with Crippen molar-refractivity contribution in [3.8, 4) is 27.5 Å². The second-order valence-corrected chi connectivity index (χ2v) is 11.4. The van der Waals surface area contributed by atoms with Crippen LogP contribution >= 0.6 is 22.9 Å². The number of halogens is 1. The lowest BCUT2D eigenvalue weighted by molar-refractivity contribution is 0.0528. The van der Waals surface area contributed by atoms with Crippen LogP contribution in [0.25, 0.3) is 27.5 Å². The van der Waals surface area contributed by atoms with E-state index in [0.717, 1.165) is 51.6 Å². The maximum Gasteiger partial charge on any atom is 0.407 e. The summed E-state index contributed by atoms with van der Waals surface area (Å²) in [5.74, 6) is 0. The van der Waals surface area contributed by atoms with E-state index in [4.69, 9.17) is 26.4 Å². The minimum Gasteiger partial charge on any atom is -0.444 e. The molecule has 0 unspecified atom stereocenters. The number of hydrogen-bond acceptors (Lipinski definition) is 6. The fourth-order valence-electron chi connectivity index (χ4n) is 4.35. The van der Waals surface area contributed by atoms with Crippen LogP contribution in [-0.2, 0) is 17.6 Å². The zero-order valence-corrected chi connectivity index (χ0v) is 23.4.